The highest BCUT2D eigenvalue weighted by Gasteiger charge is 2.12. The van der Waals surface area contributed by atoms with Crippen molar-refractivity contribution in [2.24, 2.45) is 5.73 Å². The number of hydrogen-bond acceptors (Lipinski definition) is 3. The van der Waals surface area contributed by atoms with E-state index < -0.39 is 0 Å². The van der Waals surface area contributed by atoms with E-state index in [0.29, 0.717) is 6.04 Å². The molecule has 4 nitrogen and oxygen atoms in total. The van der Waals surface area contributed by atoms with Crippen molar-refractivity contribution < 1.29 is 0 Å². The average molecular weight is 232 g/mol. The summed E-state index contributed by atoms with van der Waals surface area (Å²) in [6, 6.07) is 6.65. The van der Waals surface area contributed by atoms with E-state index in [-0.39, 0.29) is 0 Å². The van der Waals surface area contributed by atoms with Gasteiger partial charge in [-0.3, -0.25) is 4.40 Å². The van der Waals surface area contributed by atoms with Gasteiger partial charge in [0.2, 0.25) is 0 Å². The Morgan fingerprint density at radius 3 is 2.94 bits per heavy atom. The molecule has 2 aromatic rings. The second-order valence-electron chi connectivity index (χ2n) is 4.47. The predicted molar refractivity (Wildman–Crippen MR) is 71.3 cm³/mol. The van der Waals surface area contributed by atoms with E-state index in [1.165, 1.54) is 5.82 Å². The molecule has 17 heavy (non-hydrogen) atoms. The van der Waals surface area contributed by atoms with Crippen LogP contribution in [0.4, 0.5) is 5.82 Å². The zero-order chi connectivity index (χ0) is 12.3. The first-order valence-electron chi connectivity index (χ1n) is 6.13. The Hall–Kier alpha value is -1.55. The summed E-state index contributed by atoms with van der Waals surface area (Å²) in [5.41, 5.74) is 6.59. The van der Waals surface area contributed by atoms with Crippen molar-refractivity contribution in [3.05, 3.63) is 30.6 Å². The molecule has 0 aliphatic heterocycles. The van der Waals surface area contributed by atoms with Gasteiger partial charge < -0.3 is 10.6 Å². The number of pyridine rings is 1. The van der Waals surface area contributed by atoms with Crippen LogP contribution in [0, 0.1) is 0 Å². The van der Waals surface area contributed by atoms with Crippen molar-refractivity contribution in [2.75, 3.05) is 18.0 Å². The SMILES string of the molecule is CC(C)N(CCCN)c1cccc2nccn12. The molecule has 0 saturated heterocycles. The van der Waals surface area contributed by atoms with Crippen molar-refractivity contribution in [1.82, 2.24) is 9.38 Å². The average Bonchev–Trinajstić information content (AvgIpc) is 2.77. The quantitative estimate of drug-likeness (QED) is 0.856. The summed E-state index contributed by atoms with van der Waals surface area (Å²) < 4.78 is 2.12. The molecule has 0 atom stereocenters. The summed E-state index contributed by atoms with van der Waals surface area (Å²) in [5.74, 6) is 1.18. The normalized spacial score (nSPS) is 11.3. The lowest BCUT2D eigenvalue weighted by Crippen LogP contribution is -2.34. The molecule has 0 spiro atoms. The molecule has 0 aromatic carbocycles. The number of aromatic nitrogens is 2. The van der Waals surface area contributed by atoms with Crippen molar-refractivity contribution in [2.45, 2.75) is 26.3 Å². The molecule has 92 valence electrons. The Morgan fingerprint density at radius 1 is 1.41 bits per heavy atom. The fourth-order valence-corrected chi connectivity index (χ4v) is 2.07. The predicted octanol–water partition coefficient (Wildman–Crippen LogP) is 1.90. The van der Waals surface area contributed by atoms with Gasteiger partial charge in [-0.15, -0.1) is 0 Å². The number of imidazole rings is 1. The van der Waals surface area contributed by atoms with E-state index >= 15 is 0 Å². The molecule has 2 heterocycles. The Kier molecular flexibility index (Phi) is 3.64. The smallest absolute Gasteiger partial charge is 0.138 e. The maximum Gasteiger partial charge on any atom is 0.138 e. The third-order valence-corrected chi connectivity index (χ3v) is 2.93. The van der Waals surface area contributed by atoms with Gasteiger partial charge in [-0.05, 0) is 38.9 Å². The molecule has 0 amide bonds. The van der Waals surface area contributed by atoms with E-state index in [9.17, 15) is 0 Å². The Morgan fingerprint density at radius 2 is 2.24 bits per heavy atom. The molecule has 0 unspecified atom stereocenters. The van der Waals surface area contributed by atoms with Crippen LogP contribution in [0.5, 0.6) is 0 Å². The van der Waals surface area contributed by atoms with Gasteiger partial charge >= 0.3 is 0 Å². The lowest BCUT2D eigenvalue weighted by atomic mass is 10.2. The van der Waals surface area contributed by atoms with Crippen LogP contribution in [-0.2, 0) is 0 Å². The van der Waals surface area contributed by atoms with E-state index in [2.05, 4.69) is 40.3 Å². The second-order valence-corrected chi connectivity index (χ2v) is 4.47. The summed E-state index contributed by atoms with van der Waals surface area (Å²) in [4.78, 5) is 6.68. The van der Waals surface area contributed by atoms with E-state index in [4.69, 9.17) is 5.73 Å². The van der Waals surface area contributed by atoms with Crippen LogP contribution in [0.2, 0.25) is 0 Å². The molecule has 0 radical (unpaired) electrons. The summed E-state index contributed by atoms with van der Waals surface area (Å²) in [6.45, 7) is 6.10. The van der Waals surface area contributed by atoms with Crippen molar-refractivity contribution >= 4 is 11.5 Å². The number of anilines is 1. The van der Waals surface area contributed by atoms with Gasteiger partial charge in [0.1, 0.15) is 11.5 Å². The second kappa shape index (κ2) is 5.19. The number of nitrogens with zero attached hydrogens (tertiary/aromatic N) is 3. The minimum absolute atomic E-state index is 0.453. The van der Waals surface area contributed by atoms with Gasteiger partial charge in [-0.2, -0.15) is 0 Å². The molecule has 2 N–H and O–H groups in total. The topological polar surface area (TPSA) is 46.6 Å². The lowest BCUT2D eigenvalue weighted by molar-refractivity contribution is 0.645. The van der Waals surface area contributed by atoms with E-state index in [1.807, 2.05) is 18.5 Å². The number of rotatable bonds is 5. The van der Waals surface area contributed by atoms with E-state index in [1.54, 1.807) is 0 Å². The maximum atomic E-state index is 5.60. The molecule has 0 aliphatic carbocycles. The molecule has 0 fully saturated rings. The van der Waals surface area contributed by atoms with Gasteiger partial charge in [0, 0.05) is 25.0 Å². The summed E-state index contributed by atoms with van der Waals surface area (Å²) in [6.07, 6.45) is 4.84. The van der Waals surface area contributed by atoms with Gasteiger partial charge in [-0.25, -0.2) is 4.98 Å². The Balaban J connectivity index is 2.37. The summed E-state index contributed by atoms with van der Waals surface area (Å²) >= 11 is 0. The maximum absolute atomic E-state index is 5.60. The lowest BCUT2D eigenvalue weighted by Gasteiger charge is -2.29. The van der Waals surface area contributed by atoms with Gasteiger partial charge in [-0.1, -0.05) is 6.07 Å². The Labute approximate surface area is 102 Å². The highest BCUT2D eigenvalue weighted by Crippen LogP contribution is 2.18. The van der Waals surface area contributed by atoms with Crippen LogP contribution >= 0.6 is 0 Å². The van der Waals surface area contributed by atoms with Crippen molar-refractivity contribution in [3.8, 4) is 0 Å². The van der Waals surface area contributed by atoms with Crippen LogP contribution in [0.1, 0.15) is 20.3 Å². The number of fused-ring (bicyclic) bond motifs is 1. The van der Waals surface area contributed by atoms with E-state index in [0.717, 1.165) is 25.2 Å². The molecular formula is C13H20N4. The van der Waals surface area contributed by atoms with Crippen LogP contribution < -0.4 is 10.6 Å². The third kappa shape index (κ3) is 2.42. The van der Waals surface area contributed by atoms with Gasteiger partial charge in [0.25, 0.3) is 0 Å². The first kappa shape index (κ1) is 11.9. The third-order valence-electron chi connectivity index (χ3n) is 2.93. The largest absolute Gasteiger partial charge is 0.355 e. The first-order chi connectivity index (χ1) is 8.24. The molecule has 0 bridgehead atoms. The molecular weight excluding hydrogens is 212 g/mol. The number of nitrogens with two attached hydrogens (primary N) is 1. The monoisotopic (exact) mass is 232 g/mol. The highest BCUT2D eigenvalue weighted by atomic mass is 15.2. The molecule has 4 heteroatoms. The van der Waals surface area contributed by atoms with Crippen molar-refractivity contribution in [1.29, 1.82) is 0 Å². The van der Waals surface area contributed by atoms with Crippen LogP contribution in [0.25, 0.3) is 5.65 Å². The first-order valence-corrected chi connectivity index (χ1v) is 6.13. The van der Waals surface area contributed by atoms with Crippen LogP contribution in [0.3, 0.4) is 0 Å². The zero-order valence-electron chi connectivity index (χ0n) is 10.5. The highest BCUT2D eigenvalue weighted by molar-refractivity contribution is 5.51. The molecule has 2 rings (SSSR count). The molecule has 0 aliphatic rings. The fourth-order valence-electron chi connectivity index (χ4n) is 2.07. The standard InChI is InChI=1S/C13H20N4/c1-11(2)16(9-4-7-14)13-6-3-5-12-15-8-10-17(12)13/h3,5-6,8,10-11H,4,7,9,14H2,1-2H3. The van der Waals surface area contributed by atoms with Gasteiger partial charge in [0.15, 0.2) is 0 Å². The Bertz CT molecular complexity index is 475. The zero-order valence-corrected chi connectivity index (χ0v) is 10.5. The minimum Gasteiger partial charge on any atom is -0.355 e. The van der Waals surface area contributed by atoms with Gasteiger partial charge in [0.05, 0.1) is 0 Å². The van der Waals surface area contributed by atoms with Crippen molar-refractivity contribution in [3.63, 3.8) is 0 Å². The minimum atomic E-state index is 0.453. The fraction of sp³-hybridized carbons (Fsp3) is 0.462. The molecule has 2 aromatic heterocycles. The number of hydrogen-bond donors (Lipinski definition) is 1. The summed E-state index contributed by atoms with van der Waals surface area (Å²) in [7, 11) is 0. The summed E-state index contributed by atoms with van der Waals surface area (Å²) in [5, 5.41) is 0. The van der Waals surface area contributed by atoms with Crippen LogP contribution in [-0.4, -0.2) is 28.5 Å². The molecule has 0 saturated carbocycles. The van der Waals surface area contributed by atoms with Crippen LogP contribution in [0.15, 0.2) is 30.6 Å².